The van der Waals surface area contributed by atoms with Gasteiger partial charge >= 0.3 is 5.97 Å². The molecule has 1 rings (SSSR count). The molecule has 1 amide bonds. The lowest BCUT2D eigenvalue weighted by atomic mass is 10.1. The Morgan fingerprint density at radius 2 is 2.11 bits per heavy atom. The average Bonchev–Trinajstić information content (AvgIpc) is 2.72. The Kier molecular flexibility index (Phi) is 4.77. The van der Waals surface area contributed by atoms with E-state index in [0.717, 1.165) is 6.42 Å². The van der Waals surface area contributed by atoms with Gasteiger partial charge in [-0.25, -0.2) is 4.79 Å². The normalized spacial score (nSPS) is 19.4. The van der Waals surface area contributed by atoms with Gasteiger partial charge in [0.25, 0.3) is 0 Å². The number of terminal acetylenes is 1. The van der Waals surface area contributed by atoms with E-state index in [4.69, 9.17) is 11.2 Å². The molecule has 1 aliphatic rings. The van der Waals surface area contributed by atoms with Crippen molar-refractivity contribution >= 4 is 11.9 Å². The summed E-state index contributed by atoms with van der Waals surface area (Å²) in [5.41, 5.74) is -0.521. The first kappa shape index (κ1) is 14.6. The van der Waals surface area contributed by atoms with E-state index in [-0.39, 0.29) is 11.9 Å². The molecule has 4 nitrogen and oxygen atoms in total. The van der Waals surface area contributed by atoms with Crippen molar-refractivity contribution in [2.75, 3.05) is 6.54 Å². The second-order valence-corrected chi connectivity index (χ2v) is 5.48. The van der Waals surface area contributed by atoms with Crippen LogP contribution in [0, 0.1) is 12.3 Å². The van der Waals surface area contributed by atoms with Crippen LogP contribution in [0.15, 0.2) is 0 Å². The summed E-state index contributed by atoms with van der Waals surface area (Å²) in [7, 11) is 0. The van der Waals surface area contributed by atoms with Crippen molar-refractivity contribution < 1.29 is 14.3 Å². The van der Waals surface area contributed by atoms with Crippen molar-refractivity contribution in [3.63, 3.8) is 0 Å². The van der Waals surface area contributed by atoms with Crippen LogP contribution in [0.1, 0.15) is 46.5 Å². The fraction of sp³-hybridized carbons (Fsp3) is 0.714. The number of likely N-dealkylation sites (tertiary alicyclic amines) is 1. The number of rotatable bonds is 3. The molecule has 0 aromatic carbocycles. The highest BCUT2D eigenvalue weighted by atomic mass is 16.6. The van der Waals surface area contributed by atoms with Crippen LogP contribution in [-0.4, -0.2) is 35.0 Å². The first-order valence-corrected chi connectivity index (χ1v) is 6.31. The molecule has 0 unspecified atom stereocenters. The van der Waals surface area contributed by atoms with Gasteiger partial charge in [0.05, 0.1) is 0 Å². The van der Waals surface area contributed by atoms with Gasteiger partial charge in [0, 0.05) is 19.4 Å². The summed E-state index contributed by atoms with van der Waals surface area (Å²) >= 11 is 0. The Labute approximate surface area is 109 Å². The topological polar surface area (TPSA) is 46.6 Å². The molecule has 0 radical (unpaired) electrons. The van der Waals surface area contributed by atoms with E-state index in [1.54, 1.807) is 4.90 Å². The molecule has 0 N–H and O–H groups in total. The van der Waals surface area contributed by atoms with Crippen LogP contribution in [0.25, 0.3) is 0 Å². The molecule has 0 aromatic rings. The molecular formula is C14H21NO3. The van der Waals surface area contributed by atoms with Gasteiger partial charge in [-0.05, 0) is 33.6 Å². The molecule has 1 saturated heterocycles. The molecule has 0 aliphatic carbocycles. The van der Waals surface area contributed by atoms with E-state index in [0.29, 0.717) is 25.8 Å². The number of esters is 1. The fourth-order valence-corrected chi connectivity index (χ4v) is 2.00. The summed E-state index contributed by atoms with van der Waals surface area (Å²) in [6.07, 6.45) is 7.37. The lowest BCUT2D eigenvalue weighted by Crippen LogP contribution is -2.43. The van der Waals surface area contributed by atoms with Gasteiger partial charge in [-0.2, -0.15) is 0 Å². The van der Waals surface area contributed by atoms with Gasteiger partial charge in [0.15, 0.2) is 0 Å². The highest BCUT2D eigenvalue weighted by molar-refractivity contribution is 5.85. The molecular weight excluding hydrogens is 230 g/mol. The Morgan fingerprint density at radius 3 is 2.67 bits per heavy atom. The Bertz CT molecular complexity index is 362. The quantitative estimate of drug-likeness (QED) is 0.567. The van der Waals surface area contributed by atoms with Crippen LogP contribution in [0.3, 0.4) is 0 Å². The summed E-state index contributed by atoms with van der Waals surface area (Å²) in [6.45, 7) is 6.09. The third-order valence-corrected chi connectivity index (χ3v) is 2.74. The van der Waals surface area contributed by atoms with E-state index in [1.807, 2.05) is 20.8 Å². The van der Waals surface area contributed by atoms with Crippen LogP contribution >= 0.6 is 0 Å². The Hall–Kier alpha value is -1.50. The zero-order chi connectivity index (χ0) is 13.8. The van der Waals surface area contributed by atoms with E-state index in [1.165, 1.54) is 0 Å². The Balaban J connectivity index is 2.62. The number of hydrogen-bond acceptors (Lipinski definition) is 3. The third kappa shape index (κ3) is 4.06. The summed E-state index contributed by atoms with van der Waals surface area (Å²) < 4.78 is 5.33. The molecule has 1 heterocycles. The summed E-state index contributed by atoms with van der Waals surface area (Å²) in [4.78, 5) is 25.5. The predicted molar refractivity (Wildman–Crippen MR) is 68.6 cm³/mol. The largest absolute Gasteiger partial charge is 0.458 e. The Morgan fingerprint density at radius 1 is 1.44 bits per heavy atom. The van der Waals surface area contributed by atoms with Crippen molar-refractivity contribution in [3.8, 4) is 12.3 Å². The van der Waals surface area contributed by atoms with Crippen molar-refractivity contribution in [2.45, 2.75) is 58.1 Å². The molecule has 0 aromatic heterocycles. The van der Waals surface area contributed by atoms with Gasteiger partial charge in [-0.15, -0.1) is 12.3 Å². The molecule has 18 heavy (non-hydrogen) atoms. The predicted octanol–water partition coefficient (Wildman–Crippen LogP) is 1.73. The van der Waals surface area contributed by atoms with Crippen LogP contribution in [0.4, 0.5) is 0 Å². The van der Waals surface area contributed by atoms with Crippen molar-refractivity contribution in [2.24, 2.45) is 0 Å². The minimum Gasteiger partial charge on any atom is -0.458 e. The number of hydrogen-bond donors (Lipinski definition) is 0. The fourth-order valence-electron chi connectivity index (χ4n) is 2.00. The third-order valence-electron chi connectivity index (χ3n) is 2.74. The molecule has 100 valence electrons. The SMILES string of the molecule is C#CCCC(=O)N1CCC[C@@H]1C(=O)OC(C)(C)C. The maximum atomic E-state index is 12.0. The second kappa shape index (κ2) is 5.90. The van der Waals surface area contributed by atoms with Crippen LogP contribution in [0.5, 0.6) is 0 Å². The monoisotopic (exact) mass is 251 g/mol. The van der Waals surface area contributed by atoms with Gasteiger partial charge in [0.2, 0.25) is 5.91 Å². The van der Waals surface area contributed by atoms with E-state index in [9.17, 15) is 9.59 Å². The molecule has 4 heteroatoms. The highest BCUT2D eigenvalue weighted by Gasteiger charge is 2.36. The molecule has 0 spiro atoms. The molecule has 1 atom stereocenters. The lowest BCUT2D eigenvalue weighted by Gasteiger charge is -2.27. The zero-order valence-electron chi connectivity index (χ0n) is 11.4. The molecule has 1 aliphatic heterocycles. The number of carbonyl (C=O) groups excluding carboxylic acids is 2. The number of carbonyl (C=O) groups is 2. The van der Waals surface area contributed by atoms with Crippen LogP contribution < -0.4 is 0 Å². The van der Waals surface area contributed by atoms with Crippen molar-refractivity contribution in [1.29, 1.82) is 0 Å². The van der Waals surface area contributed by atoms with E-state index in [2.05, 4.69) is 5.92 Å². The number of amides is 1. The highest BCUT2D eigenvalue weighted by Crippen LogP contribution is 2.22. The smallest absolute Gasteiger partial charge is 0.329 e. The standard InChI is InChI=1S/C14H21NO3/c1-5-6-9-12(16)15-10-7-8-11(15)13(17)18-14(2,3)4/h1,11H,6-10H2,2-4H3/t11-/m1/s1. The molecule has 1 fully saturated rings. The molecule has 0 bridgehead atoms. The first-order valence-electron chi connectivity index (χ1n) is 6.31. The zero-order valence-corrected chi connectivity index (χ0v) is 11.4. The first-order chi connectivity index (χ1) is 8.35. The van der Waals surface area contributed by atoms with Gasteiger partial charge in [-0.1, -0.05) is 0 Å². The number of nitrogens with zero attached hydrogens (tertiary/aromatic N) is 1. The van der Waals surface area contributed by atoms with Gasteiger partial charge in [0.1, 0.15) is 11.6 Å². The van der Waals surface area contributed by atoms with Crippen LogP contribution in [-0.2, 0) is 14.3 Å². The average molecular weight is 251 g/mol. The summed E-state index contributed by atoms with van der Waals surface area (Å²) in [5.74, 6) is 2.08. The molecule has 0 saturated carbocycles. The van der Waals surface area contributed by atoms with Gasteiger partial charge < -0.3 is 9.64 Å². The summed E-state index contributed by atoms with van der Waals surface area (Å²) in [5, 5.41) is 0. The second-order valence-electron chi connectivity index (χ2n) is 5.48. The van der Waals surface area contributed by atoms with Crippen molar-refractivity contribution in [1.82, 2.24) is 4.90 Å². The van der Waals surface area contributed by atoms with E-state index >= 15 is 0 Å². The maximum absolute atomic E-state index is 12.0. The number of ether oxygens (including phenoxy) is 1. The van der Waals surface area contributed by atoms with Crippen molar-refractivity contribution in [3.05, 3.63) is 0 Å². The van der Waals surface area contributed by atoms with Crippen LogP contribution in [0.2, 0.25) is 0 Å². The minimum absolute atomic E-state index is 0.0543. The van der Waals surface area contributed by atoms with E-state index < -0.39 is 11.6 Å². The maximum Gasteiger partial charge on any atom is 0.329 e. The lowest BCUT2D eigenvalue weighted by molar-refractivity contribution is -0.163. The summed E-state index contributed by atoms with van der Waals surface area (Å²) in [6, 6.07) is -0.436. The van der Waals surface area contributed by atoms with Gasteiger partial charge in [-0.3, -0.25) is 4.79 Å². The minimum atomic E-state index is -0.521.